The quantitative estimate of drug-likeness (QED) is 0.801. The number of nitriles is 1. The van der Waals surface area contributed by atoms with E-state index in [2.05, 4.69) is 0 Å². The summed E-state index contributed by atoms with van der Waals surface area (Å²) in [6.45, 7) is 0. The van der Waals surface area contributed by atoms with Gasteiger partial charge in [0.2, 0.25) is 0 Å². The molecule has 1 heterocycles. The van der Waals surface area contributed by atoms with Gasteiger partial charge in [-0.1, -0.05) is 0 Å². The Kier molecular flexibility index (Phi) is 3.84. The van der Waals surface area contributed by atoms with Gasteiger partial charge >= 0.3 is 6.18 Å². The van der Waals surface area contributed by atoms with Crippen LogP contribution in [0.5, 0.6) is 0 Å². The molecule has 0 aliphatic heterocycles. The maximum absolute atomic E-state index is 13.7. The fourth-order valence-electron chi connectivity index (χ4n) is 2.99. The third-order valence-electron chi connectivity index (χ3n) is 4.04. The molecule has 0 fully saturated rings. The molecule has 0 saturated heterocycles. The zero-order chi connectivity index (χ0) is 17.6. The molecule has 2 unspecified atom stereocenters. The number of aliphatic hydroxyl groups excluding tert-OH is 1. The van der Waals surface area contributed by atoms with Crippen LogP contribution in [0.1, 0.15) is 34.9 Å². The van der Waals surface area contributed by atoms with E-state index < -0.39 is 35.4 Å². The highest BCUT2D eigenvalue weighted by molar-refractivity contribution is 5.49. The van der Waals surface area contributed by atoms with Crippen molar-refractivity contribution in [3.8, 4) is 11.8 Å². The van der Waals surface area contributed by atoms with Gasteiger partial charge < -0.3 is 9.67 Å². The van der Waals surface area contributed by atoms with E-state index in [1.807, 2.05) is 0 Å². The summed E-state index contributed by atoms with van der Waals surface area (Å²) in [5.41, 5.74) is -1.65. The summed E-state index contributed by atoms with van der Waals surface area (Å²) in [5.74, 6) is -0.778. The van der Waals surface area contributed by atoms with Crippen LogP contribution in [0.15, 0.2) is 24.4 Å². The molecule has 1 aromatic carbocycles. The van der Waals surface area contributed by atoms with Gasteiger partial charge in [0.25, 0.3) is 0 Å². The molecule has 2 atom stereocenters. The van der Waals surface area contributed by atoms with Crippen molar-refractivity contribution in [3.63, 3.8) is 0 Å². The lowest BCUT2D eigenvalue weighted by Gasteiger charge is -2.25. The molecule has 3 nitrogen and oxygen atoms in total. The van der Waals surface area contributed by atoms with E-state index in [9.17, 15) is 27.1 Å². The molecule has 3 rings (SSSR count). The predicted molar refractivity (Wildman–Crippen MR) is 73.6 cm³/mol. The molecule has 0 saturated carbocycles. The van der Waals surface area contributed by atoms with Crippen LogP contribution in [0.25, 0.3) is 5.69 Å². The molecule has 1 aliphatic rings. The van der Waals surface area contributed by atoms with Gasteiger partial charge in [0.15, 0.2) is 0 Å². The normalized spacial score (nSPS) is 20.5. The fourth-order valence-corrected chi connectivity index (χ4v) is 2.99. The standard InChI is InChI=1S/C16H11F5N2O/c17-9-3-8(6-22)4-10(5-9)23-7-11(16(19,20)21)14-13(23)2-1-12(18)15(14)24/h3-5,7,12,15,24H,1-2H2. The maximum Gasteiger partial charge on any atom is 0.418 e. The van der Waals surface area contributed by atoms with Gasteiger partial charge in [-0.2, -0.15) is 18.4 Å². The Labute approximate surface area is 133 Å². The van der Waals surface area contributed by atoms with E-state index in [-0.39, 0.29) is 29.8 Å². The summed E-state index contributed by atoms with van der Waals surface area (Å²) >= 11 is 0. The van der Waals surface area contributed by atoms with Gasteiger partial charge in [-0.3, -0.25) is 0 Å². The molecule has 0 radical (unpaired) electrons. The lowest BCUT2D eigenvalue weighted by Crippen LogP contribution is -2.24. The number of halogens is 5. The number of hydrogen-bond acceptors (Lipinski definition) is 2. The molecule has 126 valence electrons. The second-order valence-corrected chi connectivity index (χ2v) is 5.58. The summed E-state index contributed by atoms with van der Waals surface area (Å²) in [6, 6.07) is 4.90. The van der Waals surface area contributed by atoms with Gasteiger partial charge in [-0.05, 0) is 31.0 Å². The number of rotatable bonds is 1. The van der Waals surface area contributed by atoms with Crippen LogP contribution in [0, 0.1) is 17.1 Å². The predicted octanol–water partition coefficient (Wildman–Crippen LogP) is 3.82. The number of nitrogens with zero attached hydrogens (tertiary/aromatic N) is 2. The third kappa shape index (κ3) is 2.65. The van der Waals surface area contributed by atoms with E-state index in [1.165, 1.54) is 6.07 Å². The molecule has 0 amide bonds. The highest BCUT2D eigenvalue weighted by atomic mass is 19.4. The Morgan fingerprint density at radius 3 is 2.58 bits per heavy atom. The molecule has 24 heavy (non-hydrogen) atoms. The zero-order valence-corrected chi connectivity index (χ0v) is 12.1. The number of alkyl halides is 4. The number of benzene rings is 1. The van der Waals surface area contributed by atoms with Crippen LogP contribution in [-0.2, 0) is 12.6 Å². The molecule has 1 N–H and O–H groups in total. The average Bonchev–Trinajstić information content (AvgIpc) is 2.90. The van der Waals surface area contributed by atoms with Gasteiger partial charge in [0.05, 0.1) is 17.2 Å². The molecular formula is C16H11F5N2O. The molecule has 1 aliphatic carbocycles. The SMILES string of the molecule is N#Cc1cc(F)cc(-n2cc(C(F)(F)F)c3c2CCC(F)C3O)c1. The Bertz CT molecular complexity index is 834. The summed E-state index contributed by atoms with van der Waals surface area (Å²) in [4.78, 5) is 0. The minimum atomic E-state index is -4.79. The number of aromatic nitrogens is 1. The first kappa shape index (κ1) is 16.5. The summed E-state index contributed by atoms with van der Waals surface area (Å²) in [7, 11) is 0. The minimum Gasteiger partial charge on any atom is -0.385 e. The van der Waals surface area contributed by atoms with E-state index in [0.717, 1.165) is 16.7 Å². The van der Waals surface area contributed by atoms with Crippen molar-refractivity contribution in [3.05, 3.63) is 52.6 Å². The van der Waals surface area contributed by atoms with Crippen molar-refractivity contribution in [2.75, 3.05) is 0 Å². The molecule has 1 aromatic heterocycles. The van der Waals surface area contributed by atoms with Crippen LogP contribution in [0.3, 0.4) is 0 Å². The second kappa shape index (κ2) is 5.60. The molecule has 8 heteroatoms. The smallest absolute Gasteiger partial charge is 0.385 e. The van der Waals surface area contributed by atoms with Crippen LogP contribution in [0.2, 0.25) is 0 Å². The lowest BCUT2D eigenvalue weighted by atomic mass is 9.90. The largest absolute Gasteiger partial charge is 0.418 e. The third-order valence-corrected chi connectivity index (χ3v) is 4.04. The summed E-state index contributed by atoms with van der Waals surface area (Å²) in [5, 5.41) is 18.8. The monoisotopic (exact) mass is 342 g/mol. The van der Waals surface area contributed by atoms with Gasteiger partial charge in [-0.15, -0.1) is 0 Å². The van der Waals surface area contributed by atoms with Crippen molar-refractivity contribution >= 4 is 0 Å². The number of hydrogen-bond donors (Lipinski definition) is 1. The second-order valence-electron chi connectivity index (χ2n) is 5.58. The lowest BCUT2D eigenvalue weighted by molar-refractivity contribution is -0.139. The van der Waals surface area contributed by atoms with Crippen LogP contribution < -0.4 is 0 Å². The topological polar surface area (TPSA) is 49.0 Å². The van der Waals surface area contributed by atoms with Crippen molar-refractivity contribution in [1.29, 1.82) is 5.26 Å². The van der Waals surface area contributed by atoms with E-state index >= 15 is 0 Å². The van der Waals surface area contributed by atoms with Crippen LogP contribution in [-0.4, -0.2) is 15.8 Å². The van der Waals surface area contributed by atoms with Crippen LogP contribution >= 0.6 is 0 Å². The van der Waals surface area contributed by atoms with Gasteiger partial charge in [0, 0.05) is 23.1 Å². The Balaban J connectivity index is 2.26. The highest BCUT2D eigenvalue weighted by Crippen LogP contribution is 2.43. The Morgan fingerprint density at radius 2 is 1.96 bits per heavy atom. The van der Waals surface area contributed by atoms with Crippen molar-refractivity contribution < 1.29 is 27.1 Å². The summed E-state index contributed by atoms with van der Waals surface area (Å²) < 4.78 is 68.1. The Morgan fingerprint density at radius 1 is 1.25 bits per heavy atom. The average molecular weight is 342 g/mol. The molecule has 0 bridgehead atoms. The maximum atomic E-state index is 13.7. The van der Waals surface area contributed by atoms with Gasteiger partial charge in [-0.25, -0.2) is 8.78 Å². The number of fused-ring (bicyclic) bond motifs is 1. The van der Waals surface area contributed by atoms with E-state index in [0.29, 0.717) is 6.20 Å². The van der Waals surface area contributed by atoms with E-state index in [1.54, 1.807) is 6.07 Å². The minimum absolute atomic E-state index is 0.0165. The first-order valence-electron chi connectivity index (χ1n) is 7.07. The number of aliphatic hydroxyl groups is 1. The zero-order valence-electron chi connectivity index (χ0n) is 12.1. The van der Waals surface area contributed by atoms with Gasteiger partial charge in [0.1, 0.15) is 18.1 Å². The first-order valence-corrected chi connectivity index (χ1v) is 7.07. The molecule has 2 aromatic rings. The van der Waals surface area contributed by atoms with Crippen LogP contribution in [0.4, 0.5) is 22.0 Å². The van der Waals surface area contributed by atoms with Crippen molar-refractivity contribution in [2.24, 2.45) is 0 Å². The van der Waals surface area contributed by atoms with E-state index in [4.69, 9.17) is 5.26 Å². The molecule has 0 spiro atoms. The van der Waals surface area contributed by atoms with Crippen molar-refractivity contribution in [2.45, 2.75) is 31.3 Å². The van der Waals surface area contributed by atoms with Crippen molar-refractivity contribution in [1.82, 2.24) is 4.57 Å². The summed E-state index contributed by atoms with van der Waals surface area (Å²) in [6.07, 6.45) is -7.95. The Hall–Kier alpha value is -2.40. The highest BCUT2D eigenvalue weighted by Gasteiger charge is 2.42. The first-order chi connectivity index (χ1) is 11.2. The fraction of sp³-hybridized carbons (Fsp3) is 0.312. The molecular weight excluding hydrogens is 331 g/mol.